The van der Waals surface area contributed by atoms with Crippen molar-refractivity contribution >= 4 is 11.6 Å². The Morgan fingerprint density at radius 1 is 1.38 bits per heavy atom. The first-order chi connectivity index (χ1) is 11.6. The topological polar surface area (TPSA) is 92.8 Å². The van der Waals surface area contributed by atoms with Crippen LogP contribution in [-0.2, 0) is 9.53 Å². The predicted octanol–water partition coefficient (Wildman–Crippen LogP) is 2.65. The van der Waals surface area contributed by atoms with Crippen LogP contribution in [0.5, 0.6) is 0 Å². The number of H-pyrrole nitrogens is 1. The lowest BCUT2D eigenvalue weighted by atomic mass is 9.88. The van der Waals surface area contributed by atoms with Crippen LogP contribution in [0.15, 0.2) is 24.3 Å². The molecule has 2 atom stereocenters. The minimum atomic E-state index is 0.0525. The number of amides is 1. The smallest absolute Gasteiger partial charge is 0.224 e. The average Bonchev–Trinajstić information content (AvgIpc) is 3.10. The molecule has 0 saturated carbocycles. The molecule has 24 heavy (non-hydrogen) atoms. The summed E-state index contributed by atoms with van der Waals surface area (Å²) in [6.07, 6.45) is 2.72. The number of hydrogen-bond donors (Lipinski definition) is 2. The van der Waals surface area contributed by atoms with Gasteiger partial charge in [0.1, 0.15) is 0 Å². The third-order valence-corrected chi connectivity index (χ3v) is 4.41. The molecule has 0 bridgehead atoms. The highest BCUT2D eigenvalue weighted by Crippen LogP contribution is 2.27. The average molecular weight is 329 g/mol. The van der Waals surface area contributed by atoms with Gasteiger partial charge in [-0.1, -0.05) is 13.8 Å². The third kappa shape index (κ3) is 4.17. The van der Waals surface area contributed by atoms with Gasteiger partial charge in [0.15, 0.2) is 0 Å². The van der Waals surface area contributed by atoms with Crippen molar-refractivity contribution in [3.8, 4) is 11.4 Å². The van der Waals surface area contributed by atoms with Crippen LogP contribution in [0.2, 0.25) is 0 Å². The SMILES string of the molecule is CC(C)[C@H]1C[C@H](CC(=O)Nc2ccc(-c3nn[nH]n3)cc2)CCO1. The van der Waals surface area contributed by atoms with Crippen LogP contribution in [0.1, 0.15) is 33.1 Å². The van der Waals surface area contributed by atoms with E-state index in [9.17, 15) is 4.79 Å². The molecule has 128 valence electrons. The summed E-state index contributed by atoms with van der Waals surface area (Å²) in [7, 11) is 0. The van der Waals surface area contributed by atoms with Gasteiger partial charge in [0, 0.05) is 24.3 Å². The van der Waals surface area contributed by atoms with Crippen molar-refractivity contribution in [2.75, 3.05) is 11.9 Å². The molecular weight excluding hydrogens is 306 g/mol. The number of nitrogens with one attached hydrogen (secondary N) is 2. The fourth-order valence-electron chi connectivity index (χ4n) is 3.01. The number of nitrogens with zero attached hydrogens (tertiary/aromatic N) is 3. The van der Waals surface area contributed by atoms with Crippen LogP contribution < -0.4 is 5.32 Å². The Kier molecular flexibility index (Phi) is 5.20. The molecule has 1 aliphatic heterocycles. The zero-order chi connectivity index (χ0) is 16.9. The molecule has 2 N–H and O–H groups in total. The number of aromatic nitrogens is 4. The van der Waals surface area contributed by atoms with Crippen molar-refractivity contribution in [2.24, 2.45) is 11.8 Å². The van der Waals surface area contributed by atoms with Gasteiger partial charge in [-0.25, -0.2) is 0 Å². The van der Waals surface area contributed by atoms with Crippen LogP contribution in [0, 0.1) is 11.8 Å². The summed E-state index contributed by atoms with van der Waals surface area (Å²) in [5.74, 6) is 1.48. The molecule has 0 aliphatic carbocycles. The molecule has 7 nitrogen and oxygen atoms in total. The number of ether oxygens (including phenoxy) is 1. The molecule has 1 aromatic heterocycles. The van der Waals surface area contributed by atoms with Crippen LogP contribution in [0.3, 0.4) is 0 Å². The van der Waals surface area contributed by atoms with Gasteiger partial charge >= 0.3 is 0 Å². The summed E-state index contributed by atoms with van der Waals surface area (Å²) in [6, 6.07) is 7.43. The summed E-state index contributed by atoms with van der Waals surface area (Å²) in [5.41, 5.74) is 1.63. The lowest BCUT2D eigenvalue weighted by Crippen LogP contribution is -2.31. The molecule has 1 amide bonds. The Bertz CT molecular complexity index is 654. The molecule has 3 rings (SSSR count). The zero-order valence-electron chi connectivity index (χ0n) is 14.0. The number of carbonyl (C=O) groups is 1. The standard InChI is InChI=1S/C17H23N5O2/c1-11(2)15-9-12(7-8-24-15)10-16(23)18-14-5-3-13(4-6-14)17-19-21-22-20-17/h3-6,11-12,15H,7-10H2,1-2H3,(H,18,23)(H,19,20,21,22)/t12-,15-/m1/s1. The maximum absolute atomic E-state index is 12.3. The first kappa shape index (κ1) is 16.6. The molecule has 1 saturated heterocycles. The van der Waals surface area contributed by atoms with E-state index in [0.717, 1.165) is 30.7 Å². The predicted molar refractivity (Wildman–Crippen MR) is 90.2 cm³/mol. The summed E-state index contributed by atoms with van der Waals surface area (Å²) in [4.78, 5) is 12.3. The minimum absolute atomic E-state index is 0.0525. The van der Waals surface area contributed by atoms with Gasteiger partial charge in [-0.05, 0) is 54.2 Å². The van der Waals surface area contributed by atoms with Gasteiger partial charge in [0.2, 0.25) is 11.7 Å². The van der Waals surface area contributed by atoms with Crippen LogP contribution in [0.25, 0.3) is 11.4 Å². The highest BCUT2D eigenvalue weighted by atomic mass is 16.5. The Morgan fingerprint density at radius 2 is 2.17 bits per heavy atom. The summed E-state index contributed by atoms with van der Waals surface area (Å²) < 4.78 is 5.77. The van der Waals surface area contributed by atoms with E-state index in [1.165, 1.54) is 0 Å². The number of tetrazole rings is 1. The van der Waals surface area contributed by atoms with Crippen LogP contribution >= 0.6 is 0 Å². The third-order valence-electron chi connectivity index (χ3n) is 4.41. The van der Waals surface area contributed by atoms with E-state index in [2.05, 4.69) is 39.8 Å². The summed E-state index contributed by atoms with van der Waals surface area (Å²) in [5, 5.41) is 16.8. The number of hydrogen-bond acceptors (Lipinski definition) is 5. The monoisotopic (exact) mass is 329 g/mol. The molecule has 0 unspecified atom stereocenters. The van der Waals surface area contributed by atoms with E-state index < -0.39 is 0 Å². The molecule has 7 heteroatoms. The molecule has 1 aromatic carbocycles. The van der Waals surface area contributed by atoms with E-state index in [4.69, 9.17) is 4.74 Å². The fraction of sp³-hybridized carbons (Fsp3) is 0.529. The van der Waals surface area contributed by atoms with Crippen molar-refractivity contribution in [3.05, 3.63) is 24.3 Å². The second kappa shape index (κ2) is 7.53. The Balaban J connectivity index is 1.53. The molecule has 1 fully saturated rings. The quantitative estimate of drug-likeness (QED) is 0.879. The van der Waals surface area contributed by atoms with Crippen molar-refractivity contribution in [3.63, 3.8) is 0 Å². The molecule has 2 aromatic rings. The Labute approximate surface area is 141 Å². The van der Waals surface area contributed by atoms with Crippen LogP contribution in [0.4, 0.5) is 5.69 Å². The van der Waals surface area contributed by atoms with E-state index in [1.54, 1.807) is 0 Å². The number of benzene rings is 1. The van der Waals surface area contributed by atoms with Crippen molar-refractivity contribution in [1.82, 2.24) is 20.6 Å². The van der Waals surface area contributed by atoms with Gasteiger partial charge in [0.05, 0.1) is 6.10 Å². The van der Waals surface area contributed by atoms with E-state index in [1.807, 2.05) is 24.3 Å². The molecule has 1 aliphatic rings. The van der Waals surface area contributed by atoms with Crippen molar-refractivity contribution < 1.29 is 9.53 Å². The zero-order valence-corrected chi connectivity index (χ0v) is 14.0. The highest BCUT2D eigenvalue weighted by Gasteiger charge is 2.26. The first-order valence-corrected chi connectivity index (χ1v) is 8.37. The fourth-order valence-corrected chi connectivity index (χ4v) is 3.01. The van der Waals surface area contributed by atoms with E-state index >= 15 is 0 Å². The van der Waals surface area contributed by atoms with E-state index in [-0.39, 0.29) is 12.0 Å². The number of carbonyl (C=O) groups excluding carboxylic acids is 1. The lowest BCUT2D eigenvalue weighted by molar-refractivity contribution is -0.118. The second-order valence-corrected chi connectivity index (χ2v) is 6.61. The molecule has 0 radical (unpaired) electrons. The number of aromatic amines is 1. The largest absolute Gasteiger partial charge is 0.378 e. The van der Waals surface area contributed by atoms with E-state index in [0.29, 0.717) is 24.1 Å². The number of rotatable bonds is 5. The molecule has 0 spiro atoms. The van der Waals surface area contributed by atoms with Crippen LogP contribution in [-0.4, -0.2) is 39.2 Å². The summed E-state index contributed by atoms with van der Waals surface area (Å²) >= 11 is 0. The normalized spacial score (nSPS) is 21.0. The van der Waals surface area contributed by atoms with Gasteiger partial charge in [-0.3, -0.25) is 4.79 Å². The highest BCUT2D eigenvalue weighted by molar-refractivity contribution is 5.91. The maximum atomic E-state index is 12.3. The summed E-state index contributed by atoms with van der Waals surface area (Å²) in [6.45, 7) is 5.08. The minimum Gasteiger partial charge on any atom is -0.378 e. The Morgan fingerprint density at radius 3 is 2.83 bits per heavy atom. The van der Waals surface area contributed by atoms with Gasteiger partial charge in [0.25, 0.3) is 0 Å². The van der Waals surface area contributed by atoms with Crippen molar-refractivity contribution in [2.45, 2.75) is 39.2 Å². The van der Waals surface area contributed by atoms with Gasteiger partial charge in [-0.15, -0.1) is 10.2 Å². The molecule has 2 heterocycles. The maximum Gasteiger partial charge on any atom is 0.224 e. The molecular formula is C17H23N5O2. The van der Waals surface area contributed by atoms with Gasteiger partial charge < -0.3 is 10.1 Å². The number of anilines is 1. The second-order valence-electron chi connectivity index (χ2n) is 6.61. The van der Waals surface area contributed by atoms with Gasteiger partial charge in [-0.2, -0.15) is 5.21 Å². The Hall–Kier alpha value is -2.28. The lowest BCUT2D eigenvalue weighted by Gasteiger charge is -2.31. The van der Waals surface area contributed by atoms with Crippen molar-refractivity contribution in [1.29, 1.82) is 0 Å². The first-order valence-electron chi connectivity index (χ1n) is 8.37.